The summed E-state index contributed by atoms with van der Waals surface area (Å²) in [6.45, 7) is 0.403. The molecule has 1 aromatic rings. The number of ketones is 1. The Morgan fingerprint density at radius 2 is 2.00 bits per heavy atom. The fourth-order valence-electron chi connectivity index (χ4n) is 1.37. The predicted molar refractivity (Wildman–Crippen MR) is 58.8 cm³/mol. The normalized spacial score (nSPS) is 9.93. The van der Waals surface area contributed by atoms with E-state index in [-0.39, 0.29) is 5.78 Å². The highest BCUT2D eigenvalue weighted by molar-refractivity contribution is 6.01. The molecule has 1 rings (SSSR count). The molecule has 0 saturated heterocycles. The number of nitrogens with two attached hydrogens (primary N) is 1. The van der Waals surface area contributed by atoms with Crippen molar-refractivity contribution in [1.29, 1.82) is 0 Å². The van der Waals surface area contributed by atoms with Crippen molar-refractivity contribution < 1.29 is 4.79 Å². The van der Waals surface area contributed by atoms with E-state index < -0.39 is 0 Å². The van der Waals surface area contributed by atoms with Gasteiger partial charge in [0.25, 0.3) is 0 Å². The quantitative estimate of drug-likeness (QED) is 0.731. The summed E-state index contributed by atoms with van der Waals surface area (Å²) in [5, 5.41) is 0. The summed E-state index contributed by atoms with van der Waals surface area (Å²) in [5.74, 6) is 0.108. The zero-order valence-electron chi connectivity index (χ0n) is 8.66. The number of nitrogens with zero attached hydrogens (tertiary/aromatic N) is 1. The minimum atomic E-state index is 0.108. The van der Waals surface area contributed by atoms with E-state index in [0.717, 1.165) is 11.3 Å². The number of carbonyl (C=O) groups excluding carboxylic acids is 1. The van der Waals surface area contributed by atoms with Crippen molar-refractivity contribution in [3.63, 3.8) is 0 Å². The maximum Gasteiger partial charge on any atom is 0.166 e. The van der Waals surface area contributed by atoms with Crippen molar-refractivity contribution in [3.05, 3.63) is 29.8 Å². The van der Waals surface area contributed by atoms with Gasteiger partial charge in [-0.25, -0.2) is 0 Å². The molecular formula is C11H16N2O. The molecule has 0 saturated carbocycles. The average molecular weight is 192 g/mol. The van der Waals surface area contributed by atoms with Crippen molar-refractivity contribution >= 4 is 11.5 Å². The number of hydrogen-bond acceptors (Lipinski definition) is 3. The van der Waals surface area contributed by atoms with Crippen molar-refractivity contribution in [2.24, 2.45) is 5.73 Å². The third-order valence-electron chi connectivity index (χ3n) is 2.06. The molecule has 0 amide bonds. The summed E-state index contributed by atoms with van der Waals surface area (Å²) in [4.78, 5) is 13.6. The summed E-state index contributed by atoms with van der Waals surface area (Å²) < 4.78 is 0. The van der Waals surface area contributed by atoms with E-state index >= 15 is 0 Å². The molecule has 0 radical (unpaired) electrons. The zero-order chi connectivity index (χ0) is 10.6. The predicted octanol–water partition coefficient (Wildman–Crippen LogP) is 1.28. The molecule has 0 fully saturated rings. The molecule has 0 aliphatic heterocycles. The van der Waals surface area contributed by atoms with Crippen LogP contribution in [-0.4, -0.2) is 26.4 Å². The van der Waals surface area contributed by atoms with Crippen molar-refractivity contribution in [3.8, 4) is 0 Å². The summed E-state index contributed by atoms with van der Waals surface area (Å²) in [6, 6.07) is 7.57. The first-order valence-electron chi connectivity index (χ1n) is 4.66. The number of Topliss-reactive ketones (excluding diaryl/α,β-unsaturated/α-hetero) is 1. The molecule has 0 aromatic heterocycles. The van der Waals surface area contributed by atoms with Crippen molar-refractivity contribution in [2.75, 3.05) is 25.5 Å². The molecule has 2 N–H and O–H groups in total. The van der Waals surface area contributed by atoms with E-state index in [1.54, 1.807) is 0 Å². The summed E-state index contributed by atoms with van der Waals surface area (Å²) in [7, 11) is 3.85. The van der Waals surface area contributed by atoms with Gasteiger partial charge in [0.05, 0.1) is 0 Å². The van der Waals surface area contributed by atoms with Gasteiger partial charge in [0, 0.05) is 31.8 Å². The Kier molecular flexibility index (Phi) is 3.65. The second kappa shape index (κ2) is 4.77. The highest BCUT2D eigenvalue weighted by Crippen LogP contribution is 2.19. The second-order valence-electron chi connectivity index (χ2n) is 3.37. The number of carbonyl (C=O) groups is 1. The van der Waals surface area contributed by atoms with E-state index in [1.807, 2.05) is 43.3 Å². The number of anilines is 1. The summed E-state index contributed by atoms with van der Waals surface area (Å²) in [5.41, 5.74) is 7.06. The Morgan fingerprint density at radius 3 is 2.57 bits per heavy atom. The fraction of sp³-hybridized carbons (Fsp3) is 0.364. The van der Waals surface area contributed by atoms with Crippen LogP contribution in [0.15, 0.2) is 24.3 Å². The van der Waals surface area contributed by atoms with E-state index in [0.29, 0.717) is 13.0 Å². The number of hydrogen-bond donors (Lipinski definition) is 1. The first-order valence-corrected chi connectivity index (χ1v) is 4.66. The van der Waals surface area contributed by atoms with Crippen LogP contribution in [0.5, 0.6) is 0 Å². The largest absolute Gasteiger partial charge is 0.377 e. The molecule has 0 aliphatic rings. The molecule has 3 heteroatoms. The minimum absolute atomic E-state index is 0.108. The van der Waals surface area contributed by atoms with Gasteiger partial charge >= 0.3 is 0 Å². The summed E-state index contributed by atoms with van der Waals surface area (Å²) >= 11 is 0. The van der Waals surface area contributed by atoms with E-state index in [1.165, 1.54) is 0 Å². The second-order valence-corrected chi connectivity index (χ2v) is 3.37. The molecule has 14 heavy (non-hydrogen) atoms. The van der Waals surface area contributed by atoms with Gasteiger partial charge in [-0.15, -0.1) is 0 Å². The smallest absolute Gasteiger partial charge is 0.166 e. The highest BCUT2D eigenvalue weighted by Gasteiger charge is 2.10. The Bertz CT molecular complexity index is 321. The van der Waals surface area contributed by atoms with Crippen LogP contribution >= 0.6 is 0 Å². The first-order chi connectivity index (χ1) is 6.66. The molecule has 0 unspecified atom stereocenters. The van der Waals surface area contributed by atoms with Crippen LogP contribution < -0.4 is 10.6 Å². The van der Waals surface area contributed by atoms with Crippen LogP contribution in [0.3, 0.4) is 0 Å². The molecule has 0 heterocycles. The van der Waals surface area contributed by atoms with Gasteiger partial charge in [0.2, 0.25) is 0 Å². The lowest BCUT2D eigenvalue weighted by Crippen LogP contribution is -2.15. The third kappa shape index (κ3) is 2.33. The Hall–Kier alpha value is -1.35. The Labute approximate surface area is 84.5 Å². The van der Waals surface area contributed by atoms with E-state index in [9.17, 15) is 4.79 Å². The SMILES string of the molecule is CN(C)c1ccccc1C(=O)CCN. The summed E-state index contributed by atoms with van der Waals surface area (Å²) in [6.07, 6.45) is 0.408. The van der Waals surface area contributed by atoms with Crippen LogP contribution in [0.2, 0.25) is 0 Å². The Morgan fingerprint density at radius 1 is 1.36 bits per heavy atom. The average Bonchev–Trinajstić information content (AvgIpc) is 2.18. The van der Waals surface area contributed by atoms with Crippen LogP contribution in [-0.2, 0) is 0 Å². The molecule has 0 spiro atoms. The lowest BCUT2D eigenvalue weighted by Gasteiger charge is -2.16. The number of para-hydroxylation sites is 1. The minimum Gasteiger partial charge on any atom is -0.377 e. The fourth-order valence-corrected chi connectivity index (χ4v) is 1.37. The van der Waals surface area contributed by atoms with Crippen LogP contribution in [0.25, 0.3) is 0 Å². The topological polar surface area (TPSA) is 46.3 Å². The maximum atomic E-state index is 11.7. The molecule has 76 valence electrons. The van der Waals surface area contributed by atoms with Crippen LogP contribution in [0.1, 0.15) is 16.8 Å². The first kappa shape index (κ1) is 10.7. The monoisotopic (exact) mass is 192 g/mol. The lowest BCUT2D eigenvalue weighted by molar-refractivity contribution is 0.0986. The van der Waals surface area contributed by atoms with Crippen molar-refractivity contribution in [1.82, 2.24) is 0 Å². The van der Waals surface area contributed by atoms with Gasteiger partial charge in [-0.05, 0) is 18.7 Å². The van der Waals surface area contributed by atoms with Crippen molar-refractivity contribution in [2.45, 2.75) is 6.42 Å². The lowest BCUT2D eigenvalue weighted by atomic mass is 10.1. The van der Waals surface area contributed by atoms with Gasteiger partial charge in [-0.2, -0.15) is 0 Å². The molecular weight excluding hydrogens is 176 g/mol. The molecule has 3 nitrogen and oxygen atoms in total. The standard InChI is InChI=1S/C11H16N2O/c1-13(2)10-6-4-3-5-9(10)11(14)7-8-12/h3-6H,7-8,12H2,1-2H3. The van der Waals surface area contributed by atoms with Gasteiger partial charge in [0.1, 0.15) is 0 Å². The highest BCUT2D eigenvalue weighted by atomic mass is 16.1. The van der Waals surface area contributed by atoms with Gasteiger partial charge in [-0.3, -0.25) is 4.79 Å². The van der Waals surface area contributed by atoms with Crippen LogP contribution in [0, 0.1) is 0 Å². The van der Waals surface area contributed by atoms with Gasteiger partial charge in [-0.1, -0.05) is 12.1 Å². The molecule has 0 aliphatic carbocycles. The maximum absolute atomic E-state index is 11.7. The van der Waals surface area contributed by atoms with Crippen LogP contribution in [0.4, 0.5) is 5.69 Å². The Balaban J connectivity index is 3.00. The number of rotatable bonds is 4. The molecule has 0 bridgehead atoms. The zero-order valence-corrected chi connectivity index (χ0v) is 8.66. The third-order valence-corrected chi connectivity index (χ3v) is 2.06. The number of benzene rings is 1. The van der Waals surface area contributed by atoms with Gasteiger partial charge in [0.15, 0.2) is 5.78 Å². The van der Waals surface area contributed by atoms with Gasteiger partial charge < -0.3 is 10.6 Å². The molecule has 1 aromatic carbocycles. The van der Waals surface area contributed by atoms with E-state index in [2.05, 4.69) is 0 Å². The van der Waals surface area contributed by atoms with E-state index in [4.69, 9.17) is 5.73 Å². The molecule has 0 atom stereocenters.